The summed E-state index contributed by atoms with van der Waals surface area (Å²) in [5.41, 5.74) is 3.62. The molecule has 0 radical (unpaired) electrons. The molecular weight excluding hydrogens is 312 g/mol. The summed E-state index contributed by atoms with van der Waals surface area (Å²) in [4.78, 5) is 19.2. The molecule has 130 valence electrons. The molecule has 1 N–H and O–H groups in total. The summed E-state index contributed by atoms with van der Waals surface area (Å²) in [5, 5.41) is 2.93. The van der Waals surface area contributed by atoms with Crippen LogP contribution >= 0.6 is 0 Å². The van der Waals surface area contributed by atoms with E-state index in [4.69, 9.17) is 0 Å². The minimum atomic E-state index is -0.0774. The Bertz CT molecular complexity index is 801. The van der Waals surface area contributed by atoms with E-state index < -0.39 is 0 Å². The monoisotopic (exact) mass is 336 g/mol. The first-order valence-electron chi connectivity index (χ1n) is 8.71. The minimum Gasteiger partial charge on any atom is -0.346 e. The fraction of sp³-hybridized carbons (Fsp3) is 0.300. The molecule has 0 unspecified atom stereocenters. The molecule has 0 saturated carbocycles. The van der Waals surface area contributed by atoms with E-state index in [2.05, 4.69) is 29.0 Å². The Hall–Kier alpha value is -2.66. The Labute approximate surface area is 148 Å². The number of rotatable bonds is 7. The molecule has 1 amide bonds. The number of nitrogens with zero attached hydrogens (tertiary/aromatic N) is 3. The van der Waals surface area contributed by atoms with Crippen molar-refractivity contribution in [1.29, 1.82) is 0 Å². The van der Waals surface area contributed by atoms with Crippen molar-refractivity contribution in [2.24, 2.45) is 0 Å². The fourth-order valence-corrected chi connectivity index (χ4v) is 2.81. The third-order valence-electron chi connectivity index (χ3n) is 4.36. The average Bonchev–Trinajstić information content (AvgIpc) is 3.07. The molecule has 3 aromatic rings. The van der Waals surface area contributed by atoms with Crippen LogP contribution in [0.3, 0.4) is 0 Å². The van der Waals surface area contributed by atoms with Gasteiger partial charge in [0, 0.05) is 24.5 Å². The van der Waals surface area contributed by atoms with Crippen molar-refractivity contribution in [3.8, 4) is 0 Å². The number of benzene rings is 1. The summed E-state index contributed by atoms with van der Waals surface area (Å²) in [6.45, 7) is 7.70. The van der Waals surface area contributed by atoms with Gasteiger partial charge in [0.25, 0.3) is 5.91 Å². The van der Waals surface area contributed by atoms with Crippen LogP contribution in [-0.4, -0.2) is 33.3 Å². The molecule has 5 nitrogen and oxygen atoms in total. The number of hydrogen-bond donors (Lipinski definition) is 1. The number of carbonyl (C=O) groups is 1. The minimum absolute atomic E-state index is 0.0774. The zero-order valence-electron chi connectivity index (χ0n) is 14.8. The van der Waals surface area contributed by atoms with Gasteiger partial charge in [-0.2, -0.15) is 0 Å². The largest absolute Gasteiger partial charge is 0.346 e. The van der Waals surface area contributed by atoms with Crippen LogP contribution in [-0.2, 0) is 13.1 Å². The van der Waals surface area contributed by atoms with Crippen LogP contribution < -0.4 is 5.32 Å². The highest BCUT2D eigenvalue weighted by Gasteiger charge is 2.08. The number of imidazole rings is 1. The predicted octanol–water partition coefficient (Wildman–Crippen LogP) is 3.11. The second-order valence-electron chi connectivity index (χ2n) is 6.04. The molecule has 2 aromatic heterocycles. The van der Waals surface area contributed by atoms with Gasteiger partial charge in [0.05, 0.1) is 12.2 Å². The van der Waals surface area contributed by atoms with Crippen molar-refractivity contribution < 1.29 is 4.79 Å². The molecule has 0 atom stereocenters. The maximum Gasteiger partial charge on any atom is 0.251 e. The van der Waals surface area contributed by atoms with Gasteiger partial charge in [-0.3, -0.25) is 9.69 Å². The summed E-state index contributed by atoms with van der Waals surface area (Å²) >= 11 is 0. The number of fused-ring (bicyclic) bond motifs is 1. The first kappa shape index (κ1) is 17.2. The Morgan fingerprint density at radius 3 is 2.56 bits per heavy atom. The highest BCUT2D eigenvalue weighted by molar-refractivity contribution is 5.94. The maximum atomic E-state index is 12.3. The third-order valence-corrected chi connectivity index (χ3v) is 4.36. The number of pyridine rings is 1. The lowest BCUT2D eigenvalue weighted by molar-refractivity contribution is 0.0950. The summed E-state index contributed by atoms with van der Waals surface area (Å²) in [6, 6.07) is 13.7. The molecule has 0 bridgehead atoms. The quantitative estimate of drug-likeness (QED) is 0.721. The summed E-state index contributed by atoms with van der Waals surface area (Å²) in [5.74, 6) is -0.0774. The van der Waals surface area contributed by atoms with E-state index in [0.29, 0.717) is 12.1 Å². The number of nitrogens with one attached hydrogen (secondary N) is 1. The lowest BCUT2D eigenvalue weighted by Crippen LogP contribution is -2.23. The van der Waals surface area contributed by atoms with E-state index in [1.54, 1.807) is 0 Å². The Morgan fingerprint density at radius 2 is 1.88 bits per heavy atom. The lowest BCUT2D eigenvalue weighted by atomic mass is 10.1. The van der Waals surface area contributed by atoms with Crippen LogP contribution in [0.25, 0.3) is 5.65 Å². The lowest BCUT2D eigenvalue weighted by Gasteiger charge is -2.18. The van der Waals surface area contributed by atoms with Crippen LogP contribution in [0.4, 0.5) is 0 Å². The van der Waals surface area contributed by atoms with Gasteiger partial charge in [0.15, 0.2) is 0 Å². The van der Waals surface area contributed by atoms with Gasteiger partial charge in [0.1, 0.15) is 5.65 Å². The second kappa shape index (κ2) is 7.94. The third kappa shape index (κ3) is 4.25. The Kier molecular flexibility index (Phi) is 5.46. The molecule has 1 aromatic carbocycles. The molecule has 0 aliphatic heterocycles. The zero-order valence-corrected chi connectivity index (χ0v) is 14.8. The zero-order chi connectivity index (χ0) is 17.6. The second-order valence-corrected chi connectivity index (χ2v) is 6.04. The normalized spacial score (nSPS) is 11.2. The fourth-order valence-electron chi connectivity index (χ4n) is 2.81. The van der Waals surface area contributed by atoms with Crippen molar-refractivity contribution in [3.05, 3.63) is 71.7 Å². The molecular formula is C20H24N4O. The van der Waals surface area contributed by atoms with Gasteiger partial charge in [0.2, 0.25) is 0 Å². The van der Waals surface area contributed by atoms with Crippen LogP contribution in [0.1, 0.15) is 35.5 Å². The van der Waals surface area contributed by atoms with Crippen molar-refractivity contribution in [2.45, 2.75) is 26.9 Å². The van der Waals surface area contributed by atoms with Crippen LogP contribution in [0.5, 0.6) is 0 Å². The first-order chi connectivity index (χ1) is 12.2. The summed E-state index contributed by atoms with van der Waals surface area (Å²) in [6.07, 6.45) is 3.88. The average molecular weight is 336 g/mol. The topological polar surface area (TPSA) is 49.6 Å². The van der Waals surface area contributed by atoms with Crippen molar-refractivity contribution in [1.82, 2.24) is 19.6 Å². The van der Waals surface area contributed by atoms with Gasteiger partial charge in [-0.15, -0.1) is 0 Å². The van der Waals surface area contributed by atoms with Gasteiger partial charge < -0.3 is 9.72 Å². The van der Waals surface area contributed by atoms with Gasteiger partial charge >= 0.3 is 0 Å². The van der Waals surface area contributed by atoms with E-state index in [1.165, 1.54) is 5.56 Å². The highest BCUT2D eigenvalue weighted by Crippen LogP contribution is 2.09. The SMILES string of the molecule is CCN(CC)Cc1ccc(C(=O)NCc2cn3ccccc3n2)cc1. The molecule has 0 aliphatic carbocycles. The van der Waals surface area contributed by atoms with Crippen LogP contribution in [0.2, 0.25) is 0 Å². The molecule has 0 saturated heterocycles. The van der Waals surface area contributed by atoms with Crippen molar-refractivity contribution >= 4 is 11.6 Å². The van der Waals surface area contributed by atoms with E-state index >= 15 is 0 Å². The summed E-state index contributed by atoms with van der Waals surface area (Å²) < 4.78 is 1.95. The number of hydrogen-bond acceptors (Lipinski definition) is 3. The van der Waals surface area contributed by atoms with Gasteiger partial charge in [-0.05, 0) is 42.9 Å². The van der Waals surface area contributed by atoms with E-state index in [0.717, 1.165) is 31.0 Å². The summed E-state index contributed by atoms with van der Waals surface area (Å²) in [7, 11) is 0. The van der Waals surface area contributed by atoms with Crippen molar-refractivity contribution in [3.63, 3.8) is 0 Å². The van der Waals surface area contributed by atoms with E-state index in [-0.39, 0.29) is 5.91 Å². The maximum absolute atomic E-state index is 12.3. The van der Waals surface area contributed by atoms with Crippen LogP contribution in [0.15, 0.2) is 54.9 Å². The molecule has 3 rings (SSSR count). The molecule has 0 fully saturated rings. The highest BCUT2D eigenvalue weighted by atomic mass is 16.1. The van der Waals surface area contributed by atoms with E-state index in [9.17, 15) is 4.79 Å². The molecule has 0 aliphatic rings. The number of amides is 1. The van der Waals surface area contributed by atoms with Crippen LogP contribution in [0, 0.1) is 0 Å². The standard InChI is InChI=1S/C20H24N4O/c1-3-23(4-2)14-16-8-10-17(11-9-16)20(25)21-13-18-15-24-12-6-5-7-19(24)22-18/h5-12,15H,3-4,13-14H2,1-2H3,(H,21,25). The van der Waals surface area contributed by atoms with Gasteiger partial charge in [-0.1, -0.05) is 32.0 Å². The molecule has 2 heterocycles. The Balaban J connectivity index is 1.59. The number of aromatic nitrogens is 2. The van der Waals surface area contributed by atoms with Gasteiger partial charge in [-0.25, -0.2) is 4.98 Å². The smallest absolute Gasteiger partial charge is 0.251 e. The molecule has 25 heavy (non-hydrogen) atoms. The predicted molar refractivity (Wildman–Crippen MR) is 99.4 cm³/mol. The molecule has 0 spiro atoms. The molecule has 5 heteroatoms. The van der Waals surface area contributed by atoms with Crippen molar-refractivity contribution in [2.75, 3.05) is 13.1 Å². The number of carbonyl (C=O) groups excluding carboxylic acids is 1. The first-order valence-corrected chi connectivity index (χ1v) is 8.71. The Morgan fingerprint density at radius 1 is 1.12 bits per heavy atom. The van der Waals surface area contributed by atoms with E-state index in [1.807, 2.05) is 59.3 Å².